The Labute approximate surface area is 110 Å². The van der Waals surface area contributed by atoms with Gasteiger partial charge in [-0.2, -0.15) is 0 Å². The van der Waals surface area contributed by atoms with Crippen molar-refractivity contribution < 1.29 is 4.79 Å². The second-order valence-electron chi connectivity index (χ2n) is 5.09. The van der Waals surface area contributed by atoms with Crippen molar-refractivity contribution in [2.24, 2.45) is 0 Å². The standard InChI is InChI=1S/C14H25N3O/c1-5-6-7-8-16(4)14(18)13-9-12(15)10-17(13)11(2)3/h9-11H,5-8,15H2,1-4H3. The minimum Gasteiger partial charge on any atom is -0.397 e. The number of nitrogens with two attached hydrogens (primary N) is 1. The lowest BCUT2D eigenvalue weighted by Crippen LogP contribution is -2.29. The monoisotopic (exact) mass is 251 g/mol. The van der Waals surface area contributed by atoms with Gasteiger partial charge < -0.3 is 15.2 Å². The zero-order valence-corrected chi connectivity index (χ0v) is 11.9. The highest BCUT2D eigenvalue weighted by atomic mass is 16.2. The summed E-state index contributed by atoms with van der Waals surface area (Å²) in [6.07, 6.45) is 5.21. The highest BCUT2D eigenvalue weighted by molar-refractivity contribution is 5.93. The summed E-state index contributed by atoms with van der Waals surface area (Å²) in [7, 11) is 1.85. The van der Waals surface area contributed by atoms with Crippen LogP contribution in [0.5, 0.6) is 0 Å². The lowest BCUT2D eigenvalue weighted by atomic mass is 10.2. The molecule has 1 rings (SSSR count). The zero-order chi connectivity index (χ0) is 13.7. The molecule has 0 aliphatic rings. The van der Waals surface area contributed by atoms with E-state index < -0.39 is 0 Å². The summed E-state index contributed by atoms with van der Waals surface area (Å²) in [6, 6.07) is 2.00. The van der Waals surface area contributed by atoms with Crippen LogP contribution < -0.4 is 5.73 Å². The predicted molar refractivity (Wildman–Crippen MR) is 75.7 cm³/mol. The molecular weight excluding hydrogens is 226 g/mol. The maximum Gasteiger partial charge on any atom is 0.270 e. The molecule has 4 heteroatoms. The fourth-order valence-corrected chi connectivity index (χ4v) is 2.00. The minimum atomic E-state index is 0.0523. The van der Waals surface area contributed by atoms with E-state index in [1.807, 2.05) is 31.7 Å². The van der Waals surface area contributed by atoms with Crippen LogP contribution in [0.2, 0.25) is 0 Å². The normalized spacial score (nSPS) is 10.9. The molecule has 0 spiro atoms. The van der Waals surface area contributed by atoms with E-state index in [-0.39, 0.29) is 11.9 Å². The molecule has 1 heterocycles. The molecule has 0 radical (unpaired) electrons. The van der Waals surface area contributed by atoms with Gasteiger partial charge in [-0.1, -0.05) is 19.8 Å². The molecule has 102 valence electrons. The molecule has 0 aliphatic carbocycles. The predicted octanol–water partition coefficient (Wildman–Crippen LogP) is 2.91. The third-order valence-corrected chi connectivity index (χ3v) is 3.09. The van der Waals surface area contributed by atoms with Gasteiger partial charge in [0, 0.05) is 25.8 Å². The average Bonchev–Trinajstić information content (AvgIpc) is 2.70. The van der Waals surface area contributed by atoms with E-state index in [9.17, 15) is 4.79 Å². The summed E-state index contributed by atoms with van der Waals surface area (Å²) >= 11 is 0. The molecule has 0 saturated carbocycles. The number of rotatable bonds is 6. The highest BCUT2D eigenvalue weighted by Gasteiger charge is 2.18. The van der Waals surface area contributed by atoms with E-state index in [4.69, 9.17) is 5.73 Å². The SMILES string of the molecule is CCCCCN(C)C(=O)c1cc(N)cn1C(C)C. The number of anilines is 1. The molecular formula is C14H25N3O. The third-order valence-electron chi connectivity index (χ3n) is 3.09. The Bertz CT molecular complexity index is 396. The van der Waals surface area contributed by atoms with Crippen LogP contribution >= 0.6 is 0 Å². The second-order valence-corrected chi connectivity index (χ2v) is 5.09. The van der Waals surface area contributed by atoms with E-state index in [1.165, 1.54) is 0 Å². The Morgan fingerprint density at radius 3 is 2.67 bits per heavy atom. The van der Waals surface area contributed by atoms with Crippen LogP contribution in [-0.2, 0) is 0 Å². The van der Waals surface area contributed by atoms with Crippen molar-refractivity contribution in [1.29, 1.82) is 0 Å². The van der Waals surface area contributed by atoms with Gasteiger partial charge in [-0.05, 0) is 26.3 Å². The molecule has 1 amide bonds. The molecule has 0 atom stereocenters. The molecule has 2 N–H and O–H groups in total. The van der Waals surface area contributed by atoms with Crippen LogP contribution in [0.1, 0.15) is 56.6 Å². The first-order valence-electron chi connectivity index (χ1n) is 6.70. The first-order valence-corrected chi connectivity index (χ1v) is 6.70. The Kier molecular flexibility index (Phi) is 5.25. The zero-order valence-electron chi connectivity index (χ0n) is 11.9. The fourth-order valence-electron chi connectivity index (χ4n) is 2.00. The lowest BCUT2D eigenvalue weighted by Gasteiger charge is -2.19. The van der Waals surface area contributed by atoms with Crippen LogP contribution in [0, 0.1) is 0 Å². The summed E-state index contributed by atoms with van der Waals surface area (Å²) in [5.41, 5.74) is 7.11. The fraction of sp³-hybridized carbons (Fsp3) is 0.643. The van der Waals surface area contributed by atoms with Gasteiger partial charge in [-0.25, -0.2) is 0 Å². The maximum absolute atomic E-state index is 12.3. The van der Waals surface area contributed by atoms with Crippen LogP contribution in [0.3, 0.4) is 0 Å². The van der Waals surface area contributed by atoms with Gasteiger partial charge >= 0.3 is 0 Å². The number of nitrogens with zero attached hydrogens (tertiary/aromatic N) is 2. The van der Waals surface area contributed by atoms with Crippen molar-refractivity contribution in [2.75, 3.05) is 19.3 Å². The molecule has 0 unspecified atom stereocenters. The van der Waals surface area contributed by atoms with E-state index in [0.717, 1.165) is 25.8 Å². The molecule has 18 heavy (non-hydrogen) atoms. The van der Waals surface area contributed by atoms with Gasteiger partial charge in [-0.3, -0.25) is 4.79 Å². The molecule has 0 bridgehead atoms. The number of carbonyl (C=O) groups excluding carboxylic acids is 1. The number of hydrogen-bond donors (Lipinski definition) is 1. The summed E-state index contributed by atoms with van der Waals surface area (Å²) in [6.45, 7) is 7.06. The quantitative estimate of drug-likeness (QED) is 0.790. The number of amides is 1. The van der Waals surface area contributed by atoms with Crippen molar-refractivity contribution >= 4 is 11.6 Å². The van der Waals surface area contributed by atoms with Crippen molar-refractivity contribution in [3.63, 3.8) is 0 Å². The van der Waals surface area contributed by atoms with Gasteiger partial charge in [0.25, 0.3) is 5.91 Å². The smallest absolute Gasteiger partial charge is 0.270 e. The molecule has 0 fully saturated rings. The van der Waals surface area contributed by atoms with Crippen LogP contribution in [0.25, 0.3) is 0 Å². The first-order chi connectivity index (χ1) is 8.47. The van der Waals surface area contributed by atoms with E-state index in [1.54, 1.807) is 11.0 Å². The van der Waals surface area contributed by atoms with E-state index >= 15 is 0 Å². The average molecular weight is 251 g/mol. The molecule has 1 aromatic heterocycles. The van der Waals surface area contributed by atoms with Gasteiger partial charge in [0.2, 0.25) is 0 Å². The molecule has 4 nitrogen and oxygen atoms in total. The van der Waals surface area contributed by atoms with Gasteiger partial charge in [0.1, 0.15) is 5.69 Å². The topological polar surface area (TPSA) is 51.3 Å². The number of hydrogen-bond acceptors (Lipinski definition) is 2. The van der Waals surface area contributed by atoms with Crippen molar-refractivity contribution in [1.82, 2.24) is 9.47 Å². The van der Waals surface area contributed by atoms with Crippen molar-refractivity contribution in [2.45, 2.75) is 46.1 Å². The van der Waals surface area contributed by atoms with Crippen molar-refractivity contribution in [3.05, 3.63) is 18.0 Å². The van der Waals surface area contributed by atoms with Crippen LogP contribution in [0.15, 0.2) is 12.3 Å². The number of unbranched alkanes of at least 4 members (excludes halogenated alkanes) is 2. The summed E-state index contributed by atoms with van der Waals surface area (Å²) < 4.78 is 1.94. The minimum absolute atomic E-state index is 0.0523. The van der Waals surface area contributed by atoms with Gasteiger partial charge in [0.05, 0.1) is 5.69 Å². The Morgan fingerprint density at radius 1 is 1.44 bits per heavy atom. The summed E-state index contributed by atoms with van der Waals surface area (Å²) in [5, 5.41) is 0. The number of aromatic nitrogens is 1. The summed E-state index contributed by atoms with van der Waals surface area (Å²) in [4.78, 5) is 14.1. The van der Waals surface area contributed by atoms with Crippen LogP contribution in [0.4, 0.5) is 5.69 Å². The molecule has 0 saturated heterocycles. The Morgan fingerprint density at radius 2 is 2.11 bits per heavy atom. The maximum atomic E-state index is 12.3. The Balaban J connectivity index is 2.76. The molecule has 1 aromatic rings. The van der Waals surface area contributed by atoms with Crippen LogP contribution in [-0.4, -0.2) is 29.0 Å². The second kappa shape index (κ2) is 6.47. The van der Waals surface area contributed by atoms with Crippen molar-refractivity contribution in [3.8, 4) is 0 Å². The lowest BCUT2D eigenvalue weighted by molar-refractivity contribution is 0.0780. The highest BCUT2D eigenvalue weighted by Crippen LogP contribution is 2.18. The van der Waals surface area contributed by atoms with Gasteiger partial charge in [0.15, 0.2) is 0 Å². The molecule has 0 aliphatic heterocycles. The summed E-state index contributed by atoms with van der Waals surface area (Å²) in [5.74, 6) is 0.0523. The van der Waals surface area contributed by atoms with E-state index in [2.05, 4.69) is 6.92 Å². The Hall–Kier alpha value is -1.45. The number of nitrogen functional groups attached to an aromatic ring is 1. The van der Waals surface area contributed by atoms with E-state index in [0.29, 0.717) is 11.4 Å². The van der Waals surface area contributed by atoms with Gasteiger partial charge in [-0.15, -0.1) is 0 Å². The molecule has 0 aromatic carbocycles. The third kappa shape index (κ3) is 3.52. The number of carbonyl (C=O) groups is 1. The largest absolute Gasteiger partial charge is 0.397 e. The first kappa shape index (κ1) is 14.6.